The van der Waals surface area contributed by atoms with Gasteiger partial charge in [0, 0.05) is 3.57 Å². The molecule has 0 amide bonds. The van der Waals surface area contributed by atoms with Crippen molar-refractivity contribution in [2.75, 3.05) is 0 Å². The molecule has 1 unspecified atom stereocenters. The Hall–Kier alpha value is -3.26. The molecule has 166 valence electrons. The fourth-order valence-corrected chi connectivity index (χ4v) is 3.77. The van der Waals surface area contributed by atoms with Crippen molar-refractivity contribution in [3.8, 4) is 11.6 Å². The normalized spacial score (nSPS) is 11.5. The molecule has 0 spiro atoms. The fourth-order valence-electron chi connectivity index (χ4n) is 3.41. The number of carbonyl (C=O) groups excluding carboxylic acids is 1. The van der Waals surface area contributed by atoms with Crippen molar-refractivity contribution in [1.82, 2.24) is 9.97 Å². The van der Waals surface area contributed by atoms with E-state index in [-0.39, 0.29) is 0 Å². The van der Waals surface area contributed by atoms with Gasteiger partial charge in [0.2, 0.25) is 5.75 Å². The van der Waals surface area contributed by atoms with E-state index in [9.17, 15) is 4.79 Å². The first-order valence-corrected chi connectivity index (χ1v) is 11.7. The van der Waals surface area contributed by atoms with Crippen LogP contribution in [-0.4, -0.2) is 16.3 Å². The highest BCUT2D eigenvalue weighted by Gasteiger charge is 2.23. The molecule has 33 heavy (non-hydrogen) atoms. The molecule has 1 atom stereocenters. The number of carbonyl (C=O) groups is 1. The smallest absolute Gasteiger partial charge is 0.260 e. The van der Waals surface area contributed by atoms with Crippen molar-refractivity contribution in [2.24, 2.45) is 0 Å². The van der Waals surface area contributed by atoms with Crippen molar-refractivity contribution in [3.05, 3.63) is 117 Å². The average Bonchev–Trinajstić information content (AvgIpc) is 2.87. The van der Waals surface area contributed by atoms with Gasteiger partial charge in [0.25, 0.3) is 5.88 Å². The van der Waals surface area contributed by atoms with E-state index in [0.717, 1.165) is 26.5 Å². The average molecular weight is 550 g/mol. The van der Waals surface area contributed by atoms with Crippen LogP contribution in [0.15, 0.2) is 91.3 Å². The van der Waals surface area contributed by atoms with Gasteiger partial charge in [0.1, 0.15) is 31.5 Å². The molecule has 0 bridgehead atoms. The summed E-state index contributed by atoms with van der Waals surface area (Å²) in [6.45, 7) is 0.653. The van der Waals surface area contributed by atoms with E-state index >= 15 is 0 Å². The molecule has 5 nitrogen and oxygen atoms in total. The van der Waals surface area contributed by atoms with E-state index in [0.29, 0.717) is 37.0 Å². The standard InChI is InChI=1S/C27H23IN2O3/c28-24-13-11-20(12-14-24)15-23(16-31)25-26(32-17-21-7-3-1-4-8-21)27(30-19-29-25)33-18-22-9-5-2-6-10-22/h1-14,16,19,23H,15,17-18H2. The van der Waals surface area contributed by atoms with Crippen LogP contribution in [0.1, 0.15) is 28.3 Å². The van der Waals surface area contributed by atoms with Crippen LogP contribution in [0.2, 0.25) is 0 Å². The summed E-state index contributed by atoms with van der Waals surface area (Å²) in [7, 11) is 0. The van der Waals surface area contributed by atoms with Crippen molar-refractivity contribution < 1.29 is 14.3 Å². The molecule has 0 saturated heterocycles. The molecule has 6 heteroatoms. The summed E-state index contributed by atoms with van der Waals surface area (Å²) < 4.78 is 13.3. The molecule has 0 aliphatic heterocycles. The largest absolute Gasteiger partial charge is 0.482 e. The molecular formula is C27H23IN2O3. The highest BCUT2D eigenvalue weighted by molar-refractivity contribution is 14.1. The maximum absolute atomic E-state index is 12.1. The molecule has 1 aromatic heterocycles. The summed E-state index contributed by atoms with van der Waals surface area (Å²) in [6, 6.07) is 27.8. The van der Waals surface area contributed by atoms with Gasteiger partial charge in [0.15, 0.2) is 0 Å². The van der Waals surface area contributed by atoms with E-state index < -0.39 is 5.92 Å². The molecule has 0 aliphatic rings. The lowest BCUT2D eigenvalue weighted by Gasteiger charge is -2.18. The van der Waals surface area contributed by atoms with Crippen LogP contribution >= 0.6 is 22.6 Å². The monoisotopic (exact) mass is 550 g/mol. The highest BCUT2D eigenvalue weighted by atomic mass is 127. The zero-order valence-corrected chi connectivity index (χ0v) is 20.1. The summed E-state index contributed by atoms with van der Waals surface area (Å²) >= 11 is 2.26. The van der Waals surface area contributed by atoms with Gasteiger partial charge in [-0.25, -0.2) is 4.98 Å². The quantitative estimate of drug-likeness (QED) is 0.186. The van der Waals surface area contributed by atoms with Gasteiger partial charge >= 0.3 is 0 Å². The lowest BCUT2D eigenvalue weighted by Crippen LogP contribution is -2.12. The van der Waals surface area contributed by atoms with Crippen LogP contribution in [0.3, 0.4) is 0 Å². The lowest BCUT2D eigenvalue weighted by molar-refractivity contribution is -0.109. The van der Waals surface area contributed by atoms with Crippen molar-refractivity contribution in [3.63, 3.8) is 0 Å². The Morgan fingerprint density at radius 2 is 1.36 bits per heavy atom. The van der Waals surface area contributed by atoms with E-state index in [4.69, 9.17) is 9.47 Å². The lowest BCUT2D eigenvalue weighted by atomic mass is 9.96. The summed E-state index contributed by atoms with van der Waals surface area (Å²) in [5.74, 6) is 0.243. The molecule has 0 fully saturated rings. The number of aldehydes is 1. The molecular weight excluding hydrogens is 527 g/mol. The predicted molar refractivity (Wildman–Crippen MR) is 135 cm³/mol. The molecule has 3 aromatic carbocycles. The molecule has 0 N–H and O–H groups in total. The second-order valence-electron chi connectivity index (χ2n) is 7.51. The number of hydrogen-bond acceptors (Lipinski definition) is 5. The fraction of sp³-hybridized carbons (Fsp3) is 0.148. The first-order chi connectivity index (χ1) is 16.2. The van der Waals surface area contributed by atoms with Crippen LogP contribution in [0.4, 0.5) is 0 Å². The Morgan fingerprint density at radius 3 is 1.97 bits per heavy atom. The van der Waals surface area contributed by atoms with E-state index in [1.54, 1.807) is 0 Å². The zero-order valence-electron chi connectivity index (χ0n) is 17.9. The van der Waals surface area contributed by atoms with Gasteiger partial charge in [-0.15, -0.1) is 0 Å². The van der Waals surface area contributed by atoms with Crippen LogP contribution < -0.4 is 9.47 Å². The van der Waals surface area contributed by atoms with Gasteiger partial charge in [0.05, 0.1) is 5.92 Å². The topological polar surface area (TPSA) is 61.3 Å². The van der Waals surface area contributed by atoms with Gasteiger partial charge in [-0.05, 0) is 57.8 Å². The summed E-state index contributed by atoms with van der Waals surface area (Å²) in [5.41, 5.74) is 3.59. The molecule has 4 rings (SSSR count). The molecule has 0 aliphatic carbocycles. The van der Waals surface area contributed by atoms with Crippen LogP contribution in [0.5, 0.6) is 11.6 Å². The first-order valence-electron chi connectivity index (χ1n) is 10.6. The number of benzene rings is 3. The van der Waals surface area contributed by atoms with Crippen LogP contribution in [-0.2, 0) is 24.4 Å². The van der Waals surface area contributed by atoms with Gasteiger partial charge < -0.3 is 14.3 Å². The van der Waals surface area contributed by atoms with Crippen molar-refractivity contribution in [2.45, 2.75) is 25.6 Å². The van der Waals surface area contributed by atoms with E-state index in [1.165, 1.54) is 6.33 Å². The Bertz CT molecular complexity index is 1170. The Balaban J connectivity index is 1.63. The number of rotatable bonds is 10. The highest BCUT2D eigenvalue weighted by Crippen LogP contribution is 2.34. The van der Waals surface area contributed by atoms with Crippen molar-refractivity contribution in [1.29, 1.82) is 0 Å². The minimum absolute atomic E-state index is 0.317. The van der Waals surface area contributed by atoms with E-state index in [2.05, 4.69) is 32.6 Å². The minimum atomic E-state index is -0.488. The van der Waals surface area contributed by atoms with Gasteiger partial charge in [-0.1, -0.05) is 72.8 Å². The predicted octanol–water partition coefficient (Wildman–Crippen LogP) is 5.76. The third-order valence-electron chi connectivity index (χ3n) is 5.13. The Morgan fingerprint density at radius 1 is 0.758 bits per heavy atom. The SMILES string of the molecule is O=CC(Cc1ccc(I)cc1)c1ncnc(OCc2ccccc2)c1OCc1ccccc1. The first kappa shape index (κ1) is 22.9. The number of ether oxygens (including phenoxy) is 2. The molecule has 1 heterocycles. The van der Waals surface area contributed by atoms with Crippen LogP contribution in [0, 0.1) is 3.57 Å². The zero-order chi connectivity index (χ0) is 22.9. The summed E-state index contributed by atoms with van der Waals surface area (Å²) in [6.07, 6.45) is 2.85. The Labute approximate surface area is 207 Å². The molecule has 4 aromatic rings. The molecule has 0 radical (unpaired) electrons. The van der Waals surface area contributed by atoms with Crippen LogP contribution in [0.25, 0.3) is 0 Å². The third kappa shape index (κ3) is 6.38. The number of nitrogens with zero attached hydrogens (tertiary/aromatic N) is 2. The second-order valence-corrected chi connectivity index (χ2v) is 8.76. The maximum atomic E-state index is 12.1. The van der Waals surface area contributed by atoms with Gasteiger partial charge in [-0.2, -0.15) is 4.98 Å². The molecule has 0 saturated carbocycles. The van der Waals surface area contributed by atoms with E-state index in [1.807, 2.05) is 84.9 Å². The number of aromatic nitrogens is 2. The second kappa shape index (κ2) is 11.6. The summed E-state index contributed by atoms with van der Waals surface area (Å²) in [5, 5.41) is 0. The Kier molecular flexibility index (Phi) is 8.03. The number of hydrogen-bond donors (Lipinski definition) is 0. The number of halogens is 1. The third-order valence-corrected chi connectivity index (χ3v) is 5.85. The van der Waals surface area contributed by atoms with Gasteiger partial charge in [-0.3, -0.25) is 0 Å². The maximum Gasteiger partial charge on any atom is 0.260 e. The summed E-state index contributed by atoms with van der Waals surface area (Å²) in [4.78, 5) is 20.9. The minimum Gasteiger partial charge on any atom is -0.482 e. The van der Waals surface area contributed by atoms with Crippen molar-refractivity contribution >= 4 is 28.9 Å².